The monoisotopic (exact) mass is 378 g/mol. The standard InChI is InChI=1S/C19H30N4O4/c1-19(2,3)27-18(25)22-13-7-6-8-23(11-13)17(24)12-9-14(20)16(21-4)15(10-12)26-5/h9-10,13,21H,6-8,11,20H2,1-5H3,(H,22,25). The van der Waals surface area contributed by atoms with Gasteiger partial charge in [-0.1, -0.05) is 0 Å². The molecule has 1 aromatic carbocycles. The third-order valence-electron chi connectivity index (χ3n) is 4.28. The number of likely N-dealkylation sites (tertiary alicyclic amines) is 1. The maximum absolute atomic E-state index is 12.9. The van der Waals surface area contributed by atoms with Crippen molar-refractivity contribution in [3.05, 3.63) is 17.7 Å². The largest absolute Gasteiger partial charge is 0.494 e. The fraction of sp³-hybridized carbons (Fsp3) is 0.579. The highest BCUT2D eigenvalue weighted by atomic mass is 16.6. The van der Waals surface area contributed by atoms with E-state index in [0.717, 1.165) is 12.8 Å². The topological polar surface area (TPSA) is 106 Å². The number of hydrogen-bond acceptors (Lipinski definition) is 6. The molecule has 0 saturated carbocycles. The minimum atomic E-state index is -0.558. The van der Waals surface area contributed by atoms with Gasteiger partial charge in [0.2, 0.25) is 0 Å². The SMILES string of the molecule is CNc1c(N)cc(C(=O)N2CCCC(NC(=O)OC(C)(C)C)C2)cc1OC. The molecule has 0 aliphatic carbocycles. The van der Waals surface area contributed by atoms with Gasteiger partial charge in [-0.3, -0.25) is 4.79 Å². The lowest BCUT2D eigenvalue weighted by Crippen LogP contribution is -2.50. The summed E-state index contributed by atoms with van der Waals surface area (Å²) in [4.78, 5) is 26.6. The number of carbonyl (C=O) groups excluding carboxylic acids is 2. The van der Waals surface area contributed by atoms with Gasteiger partial charge < -0.3 is 30.7 Å². The predicted molar refractivity (Wildman–Crippen MR) is 105 cm³/mol. The molecule has 1 aromatic rings. The molecule has 4 N–H and O–H groups in total. The Labute approximate surface area is 160 Å². The zero-order chi connectivity index (χ0) is 20.2. The molecule has 0 bridgehead atoms. The summed E-state index contributed by atoms with van der Waals surface area (Å²) in [5, 5.41) is 5.82. The second-order valence-corrected chi connectivity index (χ2v) is 7.63. The molecule has 2 amide bonds. The average molecular weight is 378 g/mol. The van der Waals surface area contributed by atoms with Crippen LogP contribution in [0.25, 0.3) is 0 Å². The fourth-order valence-electron chi connectivity index (χ4n) is 3.13. The number of nitrogens with two attached hydrogens (primary N) is 1. The molecule has 1 unspecified atom stereocenters. The third kappa shape index (κ3) is 5.42. The van der Waals surface area contributed by atoms with E-state index in [1.807, 2.05) is 20.8 Å². The van der Waals surface area contributed by atoms with Crippen molar-refractivity contribution in [1.82, 2.24) is 10.2 Å². The van der Waals surface area contributed by atoms with E-state index in [1.165, 1.54) is 7.11 Å². The van der Waals surface area contributed by atoms with Gasteiger partial charge in [0.25, 0.3) is 5.91 Å². The average Bonchev–Trinajstić information content (AvgIpc) is 2.58. The van der Waals surface area contributed by atoms with Crippen LogP contribution in [0.1, 0.15) is 44.0 Å². The number of nitrogens with zero attached hydrogens (tertiary/aromatic N) is 1. The van der Waals surface area contributed by atoms with Gasteiger partial charge in [0.1, 0.15) is 11.4 Å². The number of hydrogen-bond donors (Lipinski definition) is 3. The highest BCUT2D eigenvalue weighted by molar-refractivity contribution is 5.97. The molecule has 1 fully saturated rings. The van der Waals surface area contributed by atoms with Crippen LogP contribution in [0.5, 0.6) is 5.75 Å². The molecule has 1 heterocycles. The van der Waals surface area contributed by atoms with Crippen LogP contribution in [0.15, 0.2) is 12.1 Å². The van der Waals surface area contributed by atoms with Gasteiger partial charge in [0.15, 0.2) is 0 Å². The van der Waals surface area contributed by atoms with E-state index in [9.17, 15) is 9.59 Å². The summed E-state index contributed by atoms with van der Waals surface area (Å²) in [6, 6.07) is 3.17. The molecule has 0 radical (unpaired) electrons. The molecule has 1 atom stereocenters. The van der Waals surface area contributed by atoms with Crippen LogP contribution in [0, 0.1) is 0 Å². The van der Waals surface area contributed by atoms with Crippen molar-refractivity contribution >= 4 is 23.4 Å². The molecule has 8 nitrogen and oxygen atoms in total. The predicted octanol–water partition coefficient (Wildman–Crippen LogP) is 2.45. The van der Waals surface area contributed by atoms with E-state index in [1.54, 1.807) is 24.1 Å². The Kier molecular flexibility index (Phi) is 6.41. The summed E-state index contributed by atoms with van der Waals surface area (Å²) in [6.07, 6.45) is 1.13. The maximum atomic E-state index is 12.9. The Balaban J connectivity index is 2.08. The number of nitrogen functional groups attached to an aromatic ring is 1. The van der Waals surface area contributed by atoms with E-state index < -0.39 is 11.7 Å². The first-order valence-corrected chi connectivity index (χ1v) is 9.08. The van der Waals surface area contributed by atoms with Gasteiger partial charge in [0.05, 0.1) is 18.5 Å². The molecule has 1 aliphatic heterocycles. The molecule has 1 aliphatic rings. The number of nitrogens with one attached hydrogen (secondary N) is 2. The van der Waals surface area contributed by atoms with E-state index in [4.69, 9.17) is 15.2 Å². The molecule has 1 saturated heterocycles. The molecule has 8 heteroatoms. The molecule has 150 valence electrons. The highest BCUT2D eigenvalue weighted by Crippen LogP contribution is 2.32. The van der Waals surface area contributed by atoms with Gasteiger partial charge >= 0.3 is 6.09 Å². The van der Waals surface area contributed by atoms with E-state index in [2.05, 4.69) is 10.6 Å². The van der Waals surface area contributed by atoms with Crippen molar-refractivity contribution in [2.24, 2.45) is 0 Å². The number of carbonyl (C=O) groups is 2. The van der Waals surface area contributed by atoms with Gasteiger partial charge in [-0.2, -0.15) is 0 Å². The Hall–Kier alpha value is -2.64. The lowest BCUT2D eigenvalue weighted by molar-refractivity contribution is 0.0452. The normalized spacial score (nSPS) is 17.2. The number of methoxy groups -OCH3 is 1. The van der Waals surface area contributed by atoms with Crippen molar-refractivity contribution in [1.29, 1.82) is 0 Å². The minimum absolute atomic E-state index is 0.140. The smallest absolute Gasteiger partial charge is 0.407 e. The molecule has 2 rings (SSSR count). The van der Waals surface area contributed by atoms with Crippen LogP contribution in [0.3, 0.4) is 0 Å². The molecule has 0 spiro atoms. The second kappa shape index (κ2) is 8.37. The van der Waals surface area contributed by atoms with E-state index >= 15 is 0 Å². The van der Waals surface area contributed by atoms with Gasteiger partial charge in [-0.15, -0.1) is 0 Å². The number of ether oxygens (including phenoxy) is 2. The van der Waals surface area contributed by atoms with Crippen LogP contribution >= 0.6 is 0 Å². The number of alkyl carbamates (subject to hydrolysis) is 1. The quantitative estimate of drug-likeness (QED) is 0.695. The van der Waals surface area contributed by atoms with E-state index in [0.29, 0.717) is 35.8 Å². The molecular formula is C19H30N4O4. The van der Waals surface area contributed by atoms with Crippen molar-refractivity contribution in [3.8, 4) is 5.75 Å². The number of piperidine rings is 1. The first-order valence-electron chi connectivity index (χ1n) is 9.08. The zero-order valence-corrected chi connectivity index (χ0v) is 16.7. The Morgan fingerprint density at radius 2 is 2.00 bits per heavy atom. The van der Waals surface area contributed by atoms with Gasteiger partial charge in [0, 0.05) is 31.7 Å². The van der Waals surface area contributed by atoms with Crippen molar-refractivity contribution in [3.63, 3.8) is 0 Å². The first kappa shape index (κ1) is 20.7. The van der Waals surface area contributed by atoms with Crippen LogP contribution in [-0.4, -0.2) is 55.8 Å². The summed E-state index contributed by atoms with van der Waals surface area (Å²) < 4.78 is 10.6. The van der Waals surface area contributed by atoms with Crippen LogP contribution in [-0.2, 0) is 4.74 Å². The molecular weight excluding hydrogens is 348 g/mol. The fourth-order valence-corrected chi connectivity index (χ4v) is 3.13. The Bertz CT molecular complexity index is 700. The van der Waals surface area contributed by atoms with Crippen molar-refractivity contribution in [2.75, 3.05) is 38.3 Å². The Morgan fingerprint density at radius 1 is 1.30 bits per heavy atom. The summed E-state index contributed by atoms with van der Waals surface area (Å²) >= 11 is 0. The minimum Gasteiger partial charge on any atom is -0.494 e. The molecule has 27 heavy (non-hydrogen) atoms. The van der Waals surface area contributed by atoms with Crippen molar-refractivity contribution in [2.45, 2.75) is 45.3 Å². The third-order valence-corrected chi connectivity index (χ3v) is 4.28. The van der Waals surface area contributed by atoms with Crippen LogP contribution in [0.4, 0.5) is 16.2 Å². The Morgan fingerprint density at radius 3 is 2.59 bits per heavy atom. The lowest BCUT2D eigenvalue weighted by Gasteiger charge is -2.33. The zero-order valence-electron chi connectivity index (χ0n) is 16.7. The number of rotatable bonds is 4. The van der Waals surface area contributed by atoms with E-state index in [-0.39, 0.29) is 11.9 Å². The second-order valence-electron chi connectivity index (χ2n) is 7.63. The van der Waals surface area contributed by atoms with Crippen LogP contribution in [0.2, 0.25) is 0 Å². The molecule has 0 aromatic heterocycles. The summed E-state index contributed by atoms with van der Waals surface area (Å²) in [5.74, 6) is 0.375. The maximum Gasteiger partial charge on any atom is 0.407 e. The number of anilines is 2. The summed E-state index contributed by atoms with van der Waals surface area (Å²) in [7, 11) is 3.28. The highest BCUT2D eigenvalue weighted by Gasteiger charge is 2.28. The summed E-state index contributed by atoms with van der Waals surface area (Å²) in [6.45, 7) is 6.50. The summed E-state index contributed by atoms with van der Waals surface area (Å²) in [5.41, 5.74) is 7.04. The number of benzene rings is 1. The van der Waals surface area contributed by atoms with Crippen molar-refractivity contribution < 1.29 is 19.1 Å². The van der Waals surface area contributed by atoms with Gasteiger partial charge in [-0.05, 0) is 45.7 Å². The number of amides is 2. The lowest BCUT2D eigenvalue weighted by atomic mass is 10.0. The first-order chi connectivity index (χ1) is 12.6. The van der Waals surface area contributed by atoms with Gasteiger partial charge in [-0.25, -0.2) is 4.79 Å². The van der Waals surface area contributed by atoms with Crippen LogP contribution < -0.4 is 21.1 Å².